The zero-order chi connectivity index (χ0) is 16.2. The second kappa shape index (κ2) is 4.80. The fourth-order valence-corrected chi connectivity index (χ4v) is 2.96. The lowest BCUT2D eigenvalue weighted by Gasteiger charge is -2.23. The maximum absolute atomic E-state index is 9.49. The minimum atomic E-state index is -0.908. The Morgan fingerprint density at radius 1 is 1.35 bits per heavy atom. The first-order chi connectivity index (χ1) is 11.0. The van der Waals surface area contributed by atoms with Gasteiger partial charge in [0.1, 0.15) is 0 Å². The number of nitrogens with zero attached hydrogens (tertiary/aromatic N) is 4. The normalized spacial score (nSPS) is 27.4. The lowest BCUT2D eigenvalue weighted by Crippen LogP contribution is -2.46. The highest BCUT2D eigenvalue weighted by Gasteiger charge is 2.37. The number of imidazole rings is 1. The Kier molecular flexibility index (Phi) is 2.97. The third kappa shape index (κ3) is 2.28. The largest absolute Gasteiger partial charge is 0.401 e. The molecule has 2 aromatic heterocycles. The number of hydrogen-bond acceptors (Lipinski definition) is 8. The van der Waals surface area contributed by atoms with Gasteiger partial charge in [0.25, 0.3) is 0 Å². The topological polar surface area (TPSA) is 154 Å². The average molecular weight is 316 g/mol. The molecule has 0 saturated heterocycles. The van der Waals surface area contributed by atoms with Gasteiger partial charge < -0.3 is 32.2 Å². The van der Waals surface area contributed by atoms with E-state index in [4.69, 9.17) is 17.2 Å². The summed E-state index contributed by atoms with van der Waals surface area (Å²) in [7, 11) is 0. The maximum atomic E-state index is 9.49. The molecule has 2 aromatic rings. The van der Waals surface area contributed by atoms with Crippen LogP contribution in [-0.4, -0.2) is 42.8 Å². The number of nitrogens with two attached hydrogens (primary N) is 3. The van der Waals surface area contributed by atoms with E-state index < -0.39 is 5.54 Å². The van der Waals surface area contributed by atoms with Gasteiger partial charge in [0.15, 0.2) is 17.0 Å². The van der Waals surface area contributed by atoms with Gasteiger partial charge >= 0.3 is 0 Å². The van der Waals surface area contributed by atoms with Gasteiger partial charge in [-0.05, 0) is 25.3 Å². The van der Waals surface area contributed by atoms with Crippen molar-refractivity contribution in [3.05, 3.63) is 18.1 Å². The van der Waals surface area contributed by atoms with Crippen molar-refractivity contribution in [3.63, 3.8) is 0 Å². The number of aromatic nitrogens is 4. The Labute approximate surface area is 132 Å². The molecule has 1 saturated carbocycles. The fraction of sp³-hybridized carbons (Fsp3) is 0.500. The van der Waals surface area contributed by atoms with Crippen molar-refractivity contribution in [2.45, 2.75) is 36.9 Å². The van der Waals surface area contributed by atoms with Crippen molar-refractivity contribution in [2.24, 2.45) is 11.5 Å². The van der Waals surface area contributed by atoms with E-state index in [2.05, 4.69) is 20.3 Å². The quantitative estimate of drug-likeness (QED) is 0.504. The molecule has 0 amide bonds. The number of hydrogen-bond donors (Lipinski definition) is 5. The molecule has 0 spiro atoms. The van der Waals surface area contributed by atoms with Gasteiger partial charge in [0.2, 0.25) is 5.95 Å². The van der Waals surface area contributed by atoms with E-state index in [1.165, 1.54) is 0 Å². The molecule has 0 aromatic carbocycles. The summed E-state index contributed by atoms with van der Waals surface area (Å²) >= 11 is 0. The summed E-state index contributed by atoms with van der Waals surface area (Å²) in [5, 5.41) is 12.8. The van der Waals surface area contributed by atoms with Crippen LogP contribution in [0.4, 0.5) is 11.8 Å². The molecule has 0 radical (unpaired) electrons. The molecule has 2 heterocycles. The van der Waals surface area contributed by atoms with Crippen molar-refractivity contribution in [1.29, 1.82) is 0 Å². The Balaban J connectivity index is 1.76. The number of nitrogens with one attached hydrogen (secondary N) is 1. The molecule has 8 N–H and O–H groups in total. The molecule has 9 nitrogen and oxygen atoms in total. The zero-order valence-corrected chi connectivity index (χ0v) is 12.6. The molecular formula is C14H20N8O. The minimum absolute atomic E-state index is 0.125. The first-order valence-corrected chi connectivity index (χ1v) is 7.64. The van der Waals surface area contributed by atoms with Crippen molar-refractivity contribution in [1.82, 2.24) is 19.5 Å². The summed E-state index contributed by atoms with van der Waals surface area (Å²) in [4.78, 5) is 13.0. The van der Waals surface area contributed by atoms with E-state index in [9.17, 15) is 5.11 Å². The number of nitrogen functional groups attached to an aromatic ring is 1. The van der Waals surface area contributed by atoms with E-state index >= 15 is 0 Å². The van der Waals surface area contributed by atoms with Crippen LogP contribution < -0.4 is 22.5 Å². The fourth-order valence-electron chi connectivity index (χ4n) is 2.96. The Morgan fingerprint density at radius 3 is 2.78 bits per heavy atom. The molecule has 1 fully saturated rings. The lowest BCUT2D eigenvalue weighted by atomic mass is 9.98. The minimum Gasteiger partial charge on any atom is -0.401 e. The maximum Gasteiger partial charge on any atom is 0.224 e. The number of anilines is 2. The van der Waals surface area contributed by atoms with Crippen molar-refractivity contribution in [2.75, 3.05) is 17.7 Å². The van der Waals surface area contributed by atoms with Gasteiger partial charge in [0.05, 0.1) is 24.5 Å². The van der Waals surface area contributed by atoms with Gasteiger partial charge in [-0.15, -0.1) is 0 Å². The van der Waals surface area contributed by atoms with Crippen molar-refractivity contribution >= 4 is 22.9 Å². The molecule has 122 valence electrons. The van der Waals surface area contributed by atoms with E-state index in [1.807, 2.05) is 10.6 Å². The Hall–Kier alpha value is -2.39. The molecule has 2 atom stereocenters. The molecule has 0 unspecified atom stereocenters. The Morgan fingerprint density at radius 2 is 2.13 bits per heavy atom. The monoisotopic (exact) mass is 316 g/mol. The highest BCUT2D eigenvalue weighted by Crippen LogP contribution is 2.35. The molecule has 4 rings (SSSR count). The molecular weight excluding hydrogens is 296 g/mol. The SMILES string of the molecule is NC1=C[C@H](n2cnc3c(NC4CC4)nc(N)nc32)C[C@]1(N)CO. The molecule has 0 bridgehead atoms. The van der Waals surface area contributed by atoms with Crippen LogP contribution in [0, 0.1) is 0 Å². The summed E-state index contributed by atoms with van der Waals surface area (Å²) in [5.41, 5.74) is 18.8. The third-order valence-electron chi connectivity index (χ3n) is 4.52. The Bertz CT molecular complexity index is 795. The molecule has 23 heavy (non-hydrogen) atoms. The van der Waals surface area contributed by atoms with Crippen LogP contribution in [0.3, 0.4) is 0 Å². The van der Waals surface area contributed by atoms with E-state index in [0.717, 1.165) is 12.8 Å². The van der Waals surface area contributed by atoms with Gasteiger partial charge in [-0.1, -0.05) is 0 Å². The summed E-state index contributed by atoms with van der Waals surface area (Å²) in [5.74, 6) is 0.850. The van der Waals surface area contributed by atoms with Gasteiger partial charge in [0, 0.05) is 11.7 Å². The molecule has 2 aliphatic carbocycles. The third-order valence-corrected chi connectivity index (χ3v) is 4.52. The smallest absolute Gasteiger partial charge is 0.224 e. The highest BCUT2D eigenvalue weighted by atomic mass is 16.3. The van der Waals surface area contributed by atoms with Gasteiger partial charge in [-0.3, -0.25) is 0 Å². The van der Waals surface area contributed by atoms with Crippen LogP contribution in [-0.2, 0) is 0 Å². The van der Waals surface area contributed by atoms with Gasteiger partial charge in [-0.2, -0.15) is 9.97 Å². The predicted octanol–water partition coefficient (Wildman–Crippen LogP) is -0.540. The summed E-state index contributed by atoms with van der Waals surface area (Å²) in [6.45, 7) is -0.204. The molecule has 2 aliphatic rings. The van der Waals surface area contributed by atoms with Crippen LogP contribution in [0.2, 0.25) is 0 Å². The van der Waals surface area contributed by atoms with E-state index in [-0.39, 0.29) is 18.6 Å². The van der Waals surface area contributed by atoms with Crippen molar-refractivity contribution < 1.29 is 5.11 Å². The van der Waals surface area contributed by atoms with Crippen LogP contribution >= 0.6 is 0 Å². The standard InChI is InChI=1S/C14H20N8O/c15-9-3-8(4-14(9,17)5-23)22-6-18-10-11(19-7-1-2-7)20-13(16)21-12(10)22/h3,6-8,23H,1-2,4-5,15,17H2,(H3,16,19,20,21)/t8-,14-/m0/s1. The average Bonchev–Trinajstić information content (AvgIpc) is 3.14. The molecule has 9 heteroatoms. The zero-order valence-electron chi connectivity index (χ0n) is 12.6. The number of aliphatic hydroxyl groups is 1. The first-order valence-electron chi connectivity index (χ1n) is 7.64. The number of fused-ring (bicyclic) bond motifs is 1. The lowest BCUT2D eigenvalue weighted by molar-refractivity contribution is 0.210. The summed E-state index contributed by atoms with van der Waals surface area (Å²) < 4.78 is 1.88. The number of allylic oxidation sites excluding steroid dienone is 1. The van der Waals surface area contributed by atoms with Crippen molar-refractivity contribution in [3.8, 4) is 0 Å². The number of rotatable bonds is 4. The van der Waals surface area contributed by atoms with Crippen LogP contribution in [0.1, 0.15) is 25.3 Å². The van der Waals surface area contributed by atoms with E-state index in [0.29, 0.717) is 35.1 Å². The predicted molar refractivity (Wildman–Crippen MR) is 86.3 cm³/mol. The van der Waals surface area contributed by atoms with Crippen LogP contribution in [0.5, 0.6) is 0 Å². The van der Waals surface area contributed by atoms with Crippen LogP contribution in [0.25, 0.3) is 11.2 Å². The highest BCUT2D eigenvalue weighted by molar-refractivity contribution is 5.84. The van der Waals surface area contributed by atoms with E-state index in [1.54, 1.807) is 6.33 Å². The second-order valence-corrected chi connectivity index (χ2v) is 6.38. The molecule has 0 aliphatic heterocycles. The second-order valence-electron chi connectivity index (χ2n) is 6.38. The first kappa shape index (κ1) is 14.2. The van der Waals surface area contributed by atoms with Gasteiger partial charge in [-0.25, -0.2) is 4.98 Å². The number of aliphatic hydroxyl groups excluding tert-OH is 1. The van der Waals surface area contributed by atoms with Crippen LogP contribution in [0.15, 0.2) is 18.1 Å². The summed E-state index contributed by atoms with van der Waals surface area (Å²) in [6.07, 6.45) is 6.26. The summed E-state index contributed by atoms with van der Waals surface area (Å²) in [6, 6.07) is 0.311.